The van der Waals surface area contributed by atoms with Crippen molar-refractivity contribution in [3.63, 3.8) is 0 Å². The molecular formula is C12H21N3. The van der Waals surface area contributed by atoms with Crippen LogP contribution in [0.4, 0.5) is 0 Å². The van der Waals surface area contributed by atoms with Gasteiger partial charge in [-0.25, -0.2) is 0 Å². The summed E-state index contributed by atoms with van der Waals surface area (Å²) in [6, 6.07) is 2.46. The van der Waals surface area contributed by atoms with E-state index in [1.54, 1.807) is 0 Å². The fourth-order valence-corrected chi connectivity index (χ4v) is 2.01. The number of nitrogens with zero attached hydrogens (tertiary/aromatic N) is 2. The Bertz CT molecular complexity index is 236. The Hall–Kier alpha value is -0.850. The van der Waals surface area contributed by atoms with Crippen molar-refractivity contribution in [2.45, 2.75) is 31.7 Å². The van der Waals surface area contributed by atoms with Gasteiger partial charge in [-0.3, -0.25) is 4.90 Å². The second-order valence-corrected chi connectivity index (χ2v) is 4.30. The fraction of sp³-hybridized carbons (Fsp3) is 0.750. The number of nitriles is 1. The Balaban J connectivity index is 2.61. The van der Waals surface area contributed by atoms with Crippen molar-refractivity contribution < 1.29 is 0 Å². The van der Waals surface area contributed by atoms with Crippen molar-refractivity contribution >= 4 is 0 Å². The highest BCUT2D eigenvalue weighted by Crippen LogP contribution is 2.21. The first-order valence-electron chi connectivity index (χ1n) is 5.71. The lowest BCUT2D eigenvalue weighted by Crippen LogP contribution is -2.46. The molecule has 1 rings (SSSR count). The highest BCUT2D eigenvalue weighted by molar-refractivity contribution is 5.06. The Morgan fingerprint density at radius 2 is 2.33 bits per heavy atom. The number of allylic oxidation sites excluding steroid dienone is 1. The smallest absolute Gasteiger partial charge is 0.106 e. The third kappa shape index (κ3) is 3.33. The Kier molecular flexibility index (Phi) is 4.80. The maximum atomic E-state index is 9.31. The van der Waals surface area contributed by atoms with Gasteiger partial charge in [-0.1, -0.05) is 6.08 Å². The Morgan fingerprint density at radius 1 is 1.53 bits per heavy atom. The zero-order chi connectivity index (χ0) is 11.1. The summed E-state index contributed by atoms with van der Waals surface area (Å²) in [5, 5.41) is 12.7. The van der Waals surface area contributed by atoms with E-state index in [0.717, 1.165) is 45.4 Å². The highest BCUT2D eigenvalue weighted by atomic mass is 15.2. The lowest BCUT2D eigenvalue weighted by Gasteiger charge is -2.34. The molecule has 0 bridgehead atoms. The molecule has 15 heavy (non-hydrogen) atoms. The van der Waals surface area contributed by atoms with E-state index in [9.17, 15) is 5.26 Å². The summed E-state index contributed by atoms with van der Waals surface area (Å²) in [4.78, 5) is 2.30. The van der Waals surface area contributed by atoms with E-state index in [-0.39, 0.29) is 5.54 Å². The van der Waals surface area contributed by atoms with E-state index >= 15 is 0 Å². The molecule has 1 unspecified atom stereocenters. The van der Waals surface area contributed by atoms with E-state index in [1.165, 1.54) is 0 Å². The summed E-state index contributed by atoms with van der Waals surface area (Å²) in [5.74, 6) is 0. The van der Waals surface area contributed by atoms with Crippen LogP contribution in [-0.2, 0) is 0 Å². The zero-order valence-electron chi connectivity index (χ0n) is 9.63. The minimum absolute atomic E-state index is 0.319. The van der Waals surface area contributed by atoms with Crippen LogP contribution in [0.25, 0.3) is 0 Å². The van der Waals surface area contributed by atoms with E-state index in [0.29, 0.717) is 0 Å². The average Bonchev–Trinajstić information content (AvgIpc) is 2.54. The molecule has 1 fully saturated rings. The SMILES string of the molecule is C=CCCC(C)(C#N)N1CCCNCC1. The predicted molar refractivity (Wildman–Crippen MR) is 62.5 cm³/mol. The summed E-state index contributed by atoms with van der Waals surface area (Å²) >= 11 is 0. The molecule has 1 saturated heterocycles. The third-order valence-corrected chi connectivity index (χ3v) is 3.11. The molecule has 0 radical (unpaired) electrons. The largest absolute Gasteiger partial charge is 0.315 e. The van der Waals surface area contributed by atoms with Crippen molar-refractivity contribution in [1.82, 2.24) is 10.2 Å². The van der Waals surface area contributed by atoms with Gasteiger partial charge < -0.3 is 5.32 Å². The monoisotopic (exact) mass is 207 g/mol. The van der Waals surface area contributed by atoms with Gasteiger partial charge in [-0.15, -0.1) is 6.58 Å². The molecule has 1 N–H and O–H groups in total. The van der Waals surface area contributed by atoms with Crippen LogP contribution in [0.5, 0.6) is 0 Å². The second-order valence-electron chi connectivity index (χ2n) is 4.30. The minimum atomic E-state index is -0.319. The first kappa shape index (κ1) is 12.2. The van der Waals surface area contributed by atoms with Gasteiger partial charge in [0.25, 0.3) is 0 Å². The Morgan fingerprint density at radius 3 is 3.00 bits per heavy atom. The van der Waals surface area contributed by atoms with Crippen LogP contribution in [0.3, 0.4) is 0 Å². The number of nitrogens with one attached hydrogen (secondary N) is 1. The minimum Gasteiger partial charge on any atom is -0.315 e. The third-order valence-electron chi connectivity index (χ3n) is 3.11. The molecule has 1 heterocycles. The van der Waals surface area contributed by atoms with Gasteiger partial charge in [0.2, 0.25) is 0 Å². The Labute approximate surface area is 92.8 Å². The van der Waals surface area contributed by atoms with Crippen molar-refractivity contribution in [3.05, 3.63) is 12.7 Å². The van der Waals surface area contributed by atoms with Crippen LogP contribution >= 0.6 is 0 Å². The molecule has 0 aromatic rings. The molecule has 0 spiro atoms. The van der Waals surface area contributed by atoms with Gasteiger partial charge in [0.15, 0.2) is 0 Å². The van der Waals surface area contributed by atoms with Crippen LogP contribution in [0.15, 0.2) is 12.7 Å². The quantitative estimate of drug-likeness (QED) is 0.711. The molecule has 84 valence electrons. The summed E-state index contributed by atoms with van der Waals surface area (Å²) in [5.41, 5.74) is -0.319. The lowest BCUT2D eigenvalue weighted by atomic mass is 9.95. The second kappa shape index (κ2) is 5.89. The van der Waals surface area contributed by atoms with Gasteiger partial charge in [0.05, 0.1) is 6.07 Å². The molecule has 3 nitrogen and oxygen atoms in total. The van der Waals surface area contributed by atoms with Gasteiger partial charge in [0.1, 0.15) is 5.54 Å². The van der Waals surface area contributed by atoms with Crippen LogP contribution in [-0.4, -0.2) is 36.6 Å². The summed E-state index contributed by atoms with van der Waals surface area (Å²) < 4.78 is 0. The van der Waals surface area contributed by atoms with E-state index in [2.05, 4.69) is 22.9 Å². The average molecular weight is 207 g/mol. The molecule has 0 amide bonds. The predicted octanol–water partition coefficient (Wildman–Crippen LogP) is 1.53. The molecule has 1 aliphatic heterocycles. The number of hydrogen-bond donors (Lipinski definition) is 1. The van der Waals surface area contributed by atoms with E-state index in [4.69, 9.17) is 0 Å². The maximum Gasteiger partial charge on any atom is 0.106 e. The normalized spacial score (nSPS) is 22.4. The van der Waals surface area contributed by atoms with Gasteiger partial charge in [-0.05, 0) is 32.7 Å². The first-order valence-corrected chi connectivity index (χ1v) is 5.71. The number of rotatable bonds is 4. The van der Waals surface area contributed by atoms with Crippen molar-refractivity contribution in [2.75, 3.05) is 26.2 Å². The van der Waals surface area contributed by atoms with Crippen LogP contribution < -0.4 is 5.32 Å². The molecule has 0 aromatic heterocycles. The molecule has 3 heteroatoms. The molecule has 1 atom stereocenters. The van der Waals surface area contributed by atoms with Crippen LogP contribution in [0, 0.1) is 11.3 Å². The standard InChI is InChI=1S/C12H21N3/c1-3-4-6-12(2,11-13)15-9-5-7-14-8-10-15/h3,14H,1,4-10H2,2H3. The molecule has 0 aromatic carbocycles. The highest BCUT2D eigenvalue weighted by Gasteiger charge is 2.31. The maximum absolute atomic E-state index is 9.31. The summed E-state index contributed by atoms with van der Waals surface area (Å²) in [7, 11) is 0. The summed E-state index contributed by atoms with van der Waals surface area (Å²) in [6.45, 7) is 9.82. The van der Waals surface area contributed by atoms with Crippen LogP contribution in [0.1, 0.15) is 26.2 Å². The van der Waals surface area contributed by atoms with E-state index < -0.39 is 0 Å². The molecular weight excluding hydrogens is 186 g/mol. The number of hydrogen-bond acceptors (Lipinski definition) is 3. The fourth-order valence-electron chi connectivity index (χ4n) is 2.01. The zero-order valence-corrected chi connectivity index (χ0v) is 9.63. The molecule has 0 saturated carbocycles. The van der Waals surface area contributed by atoms with Gasteiger partial charge in [-0.2, -0.15) is 5.26 Å². The van der Waals surface area contributed by atoms with E-state index in [1.807, 2.05) is 13.0 Å². The van der Waals surface area contributed by atoms with Crippen molar-refractivity contribution in [1.29, 1.82) is 5.26 Å². The van der Waals surface area contributed by atoms with Gasteiger partial charge >= 0.3 is 0 Å². The lowest BCUT2D eigenvalue weighted by molar-refractivity contribution is 0.154. The van der Waals surface area contributed by atoms with Crippen molar-refractivity contribution in [3.8, 4) is 6.07 Å². The first-order chi connectivity index (χ1) is 7.23. The molecule has 1 aliphatic rings. The van der Waals surface area contributed by atoms with Crippen LogP contribution in [0.2, 0.25) is 0 Å². The summed E-state index contributed by atoms with van der Waals surface area (Å²) in [6.07, 6.45) is 4.82. The van der Waals surface area contributed by atoms with Gasteiger partial charge in [0, 0.05) is 19.6 Å². The van der Waals surface area contributed by atoms with Crippen molar-refractivity contribution in [2.24, 2.45) is 0 Å². The molecule has 0 aliphatic carbocycles. The topological polar surface area (TPSA) is 39.1 Å².